The predicted molar refractivity (Wildman–Crippen MR) is 78.0 cm³/mol. The molecule has 0 fully saturated rings. The summed E-state index contributed by atoms with van der Waals surface area (Å²) in [5.41, 5.74) is 0.715. The maximum atomic E-state index is 12.6. The summed E-state index contributed by atoms with van der Waals surface area (Å²) in [4.78, 5) is 23.7. The average molecular weight is 323 g/mol. The summed E-state index contributed by atoms with van der Waals surface area (Å²) < 4.78 is 37.9. The summed E-state index contributed by atoms with van der Waals surface area (Å²) in [7, 11) is 0. The normalized spacial score (nSPS) is 13.2. The van der Waals surface area contributed by atoms with Crippen LogP contribution in [0.1, 0.15) is 24.2 Å². The first-order chi connectivity index (χ1) is 10.8. The molecule has 0 saturated heterocycles. The van der Waals surface area contributed by atoms with Crippen LogP contribution >= 0.6 is 0 Å². The van der Waals surface area contributed by atoms with E-state index in [1.807, 2.05) is 0 Å². The van der Waals surface area contributed by atoms with E-state index in [2.05, 4.69) is 25.3 Å². The van der Waals surface area contributed by atoms with Crippen LogP contribution in [0.25, 0.3) is 11.0 Å². The van der Waals surface area contributed by atoms with E-state index in [0.29, 0.717) is 11.0 Å². The Morgan fingerprint density at radius 1 is 1.17 bits per heavy atom. The van der Waals surface area contributed by atoms with Crippen LogP contribution in [0, 0.1) is 0 Å². The van der Waals surface area contributed by atoms with Gasteiger partial charge in [0.25, 0.3) is 0 Å². The zero-order valence-corrected chi connectivity index (χ0v) is 11.9. The third kappa shape index (κ3) is 3.17. The molecule has 0 amide bonds. The van der Waals surface area contributed by atoms with Crippen molar-refractivity contribution in [1.82, 2.24) is 19.9 Å². The fourth-order valence-corrected chi connectivity index (χ4v) is 2.18. The van der Waals surface area contributed by atoms with Gasteiger partial charge in [-0.2, -0.15) is 13.2 Å². The highest BCUT2D eigenvalue weighted by Gasteiger charge is 2.32. The zero-order chi connectivity index (χ0) is 16.6. The summed E-state index contributed by atoms with van der Waals surface area (Å²) in [6.45, 7) is 1.76. The van der Waals surface area contributed by atoms with Gasteiger partial charge in [0.2, 0.25) is 5.95 Å². The molecule has 3 aromatic rings. The highest BCUT2D eigenvalue weighted by Crippen LogP contribution is 2.28. The molecule has 9 heteroatoms. The number of alkyl halides is 3. The Morgan fingerprint density at radius 2 is 1.91 bits per heavy atom. The Balaban J connectivity index is 1.85. The van der Waals surface area contributed by atoms with Gasteiger partial charge < -0.3 is 15.3 Å². The largest absolute Gasteiger partial charge is 0.433 e. The van der Waals surface area contributed by atoms with Crippen molar-refractivity contribution in [1.29, 1.82) is 0 Å². The minimum atomic E-state index is -4.52. The number of hydrogen-bond donors (Lipinski definition) is 3. The number of halogens is 3. The maximum absolute atomic E-state index is 12.6. The highest BCUT2D eigenvalue weighted by atomic mass is 19.4. The third-order valence-electron chi connectivity index (χ3n) is 3.33. The van der Waals surface area contributed by atoms with Gasteiger partial charge in [-0.3, -0.25) is 0 Å². The Morgan fingerprint density at radius 3 is 2.65 bits per heavy atom. The van der Waals surface area contributed by atoms with E-state index in [9.17, 15) is 18.0 Å². The number of hydrogen-bond acceptors (Lipinski definition) is 4. The average Bonchev–Trinajstić information content (AvgIpc) is 2.85. The first-order valence-electron chi connectivity index (χ1n) is 6.71. The predicted octanol–water partition coefficient (Wildman–Crippen LogP) is 2.84. The summed E-state index contributed by atoms with van der Waals surface area (Å²) in [5.74, 6) is -0.116. The molecule has 0 saturated carbocycles. The fraction of sp³-hybridized carbons (Fsp3) is 0.214. The number of nitrogens with one attached hydrogen (secondary N) is 3. The molecule has 1 aromatic carbocycles. The highest BCUT2D eigenvalue weighted by molar-refractivity contribution is 5.75. The van der Waals surface area contributed by atoms with E-state index in [1.54, 1.807) is 25.1 Å². The van der Waals surface area contributed by atoms with E-state index in [4.69, 9.17) is 0 Å². The minimum absolute atomic E-state index is 0.116. The maximum Gasteiger partial charge on any atom is 0.433 e. The molecule has 0 aliphatic heterocycles. The molecule has 2 heterocycles. The van der Waals surface area contributed by atoms with Gasteiger partial charge in [0.15, 0.2) is 0 Å². The van der Waals surface area contributed by atoms with Gasteiger partial charge in [0, 0.05) is 6.20 Å². The van der Waals surface area contributed by atoms with Crippen molar-refractivity contribution < 1.29 is 13.2 Å². The fourth-order valence-electron chi connectivity index (χ4n) is 2.18. The number of aromatic nitrogens is 4. The zero-order valence-electron chi connectivity index (χ0n) is 11.9. The standard InChI is InChI=1S/C14H12F3N5O/c1-7(8-2-3-9-10(6-8)21-13(23)20-9)19-12-18-5-4-11(22-12)14(15,16)17/h2-7H,1H3,(H,18,19,22)(H2,20,21,23)/t7-/m0/s1. The van der Waals surface area contributed by atoms with Gasteiger partial charge in [-0.25, -0.2) is 14.8 Å². The third-order valence-corrected chi connectivity index (χ3v) is 3.33. The monoisotopic (exact) mass is 323 g/mol. The SMILES string of the molecule is C[C@H](Nc1nccc(C(F)(F)F)n1)c1ccc2[nH]c(=O)[nH]c2c1. The van der Waals surface area contributed by atoms with Crippen LogP contribution in [-0.4, -0.2) is 19.9 Å². The van der Waals surface area contributed by atoms with Crippen LogP contribution in [0.3, 0.4) is 0 Å². The lowest BCUT2D eigenvalue weighted by atomic mass is 10.1. The number of anilines is 1. The molecule has 120 valence electrons. The minimum Gasteiger partial charge on any atom is -0.348 e. The number of aromatic amines is 2. The number of benzene rings is 1. The van der Waals surface area contributed by atoms with Gasteiger partial charge in [-0.1, -0.05) is 6.07 Å². The molecule has 0 spiro atoms. The second-order valence-electron chi connectivity index (χ2n) is 5.01. The van der Waals surface area contributed by atoms with Crippen LogP contribution in [0.5, 0.6) is 0 Å². The molecule has 23 heavy (non-hydrogen) atoms. The smallest absolute Gasteiger partial charge is 0.348 e. The quantitative estimate of drug-likeness (QED) is 0.692. The van der Waals surface area contributed by atoms with Crippen LogP contribution in [0.2, 0.25) is 0 Å². The summed E-state index contributed by atoms with van der Waals surface area (Å²) in [6.07, 6.45) is -3.47. The lowest BCUT2D eigenvalue weighted by Gasteiger charge is -2.15. The van der Waals surface area contributed by atoms with E-state index >= 15 is 0 Å². The van der Waals surface area contributed by atoms with Crippen LogP contribution in [-0.2, 0) is 6.18 Å². The van der Waals surface area contributed by atoms with Crippen molar-refractivity contribution in [2.75, 3.05) is 5.32 Å². The van der Waals surface area contributed by atoms with Gasteiger partial charge in [-0.05, 0) is 30.7 Å². The lowest BCUT2D eigenvalue weighted by molar-refractivity contribution is -0.141. The summed E-state index contributed by atoms with van der Waals surface area (Å²) in [6, 6.07) is 5.68. The van der Waals surface area contributed by atoms with Crippen molar-refractivity contribution in [2.45, 2.75) is 19.1 Å². The molecule has 0 radical (unpaired) electrons. The Hall–Kier alpha value is -2.84. The molecule has 1 atom stereocenters. The molecular weight excluding hydrogens is 311 g/mol. The van der Waals surface area contributed by atoms with Crippen LogP contribution in [0.4, 0.5) is 19.1 Å². The second kappa shape index (κ2) is 5.41. The summed E-state index contributed by atoms with van der Waals surface area (Å²) >= 11 is 0. The van der Waals surface area contributed by atoms with Crippen molar-refractivity contribution in [3.05, 3.63) is 52.2 Å². The Labute approximate surface area is 127 Å². The van der Waals surface area contributed by atoms with Gasteiger partial charge in [0.05, 0.1) is 17.1 Å². The topological polar surface area (TPSA) is 86.5 Å². The number of rotatable bonds is 3. The molecule has 3 N–H and O–H groups in total. The number of imidazole rings is 1. The Kier molecular flexibility index (Phi) is 3.55. The van der Waals surface area contributed by atoms with E-state index in [-0.39, 0.29) is 17.7 Å². The van der Waals surface area contributed by atoms with Crippen LogP contribution in [0.15, 0.2) is 35.3 Å². The van der Waals surface area contributed by atoms with Crippen LogP contribution < -0.4 is 11.0 Å². The number of H-pyrrole nitrogens is 2. The van der Waals surface area contributed by atoms with Crippen molar-refractivity contribution in [2.24, 2.45) is 0 Å². The molecule has 3 rings (SSSR count). The van der Waals surface area contributed by atoms with Crippen molar-refractivity contribution in [3.63, 3.8) is 0 Å². The number of nitrogens with zero attached hydrogens (tertiary/aromatic N) is 2. The molecular formula is C14H12F3N5O. The first kappa shape index (κ1) is 15.1. The first-order valence-corrected chi connectivity index (χ1v) is 6.71. The number of fused-ring (bicyclic) bond motifs is 1. The van der Waals surface area contributed by atoms with Crippen molar-refractivity contribution in [3.8, 4) is 0 Å². The van der Waals surface area contributed by atoms with Gasteiger partial charge >= 0.3 is 11.9 Å². The molecule has 6 nitrogen and oxygen atoms in total. The van der Waals surface area contributed by atoms with Gasteiger partial charge in [0.1, 0.15) is 5.69 Å². The molecule has 2 aromatic heterocycles. The second-order valence-corrected chi connectivity index (χ2v) is 5.01. The van der Waals surface area contributed by atoms with Crippen molar-refractivity contribution >= 4 is 17.0 Å². The molecule has 0 aliphatic rings. The van der Waals surface area contributed by atoms with Gasteiger partial charge in [-0.15, -0.1) is 0 Å². The van der Waals surface area contributed by atoms with E-state index < -0.39 is 11.9 Å². The van der Waals surface area contributed by atoms with E-state index in [1.165, 1.54) is 0 Å². The molecule has 0 bridgehead atoms. The van der Waals surface area contributed by atoms with E-state index in [0.717, 1.165) is 17.8 Å². The summed E-state index contributed by atoms with van der Waals surface area (Å²) in [5, 5.41) is 2.82. The lowest BCUT2D eigenvalue weighted by Crippen LogP contribution is -2.13. The molecule has 0 aliphatic carbocycles. The molecule has 0 unspecified atom stereocenters. The Bertz CT molecular complexity index is 899.